The van der Waals surface area contributed by atoms with E-state index in [1.54, 1.807) is 12.4 Å². The molecule has 118 valence electrons. The number of nitrogens with one attached hydrogen (secondary N) is 1. The molecule has 0 aromatic carbocycles. The van der Waals surface area contributed by atoms with Gasteiger partial charge >= 0.3 is 0 Å². The minimum atomic E-state index is -2.49. The molecule has 2 rings (SSSR count). The van der Waals surface area contributed by atoms with Crippen molar-refractivity contribution in [1.29, 1.82) is 0 Å². The monoisotopic (exact) mass is 298 g/mol. The number of hydrogen-bond donors (Lipinski definition) is 1. The van der Waals surface area contributed by atoms with Crippen molar-refractivity contribution < 1.29 is 13.5 Å². The van der Waals surface area contributed by atoms with Crippen LogP contribution in [0.15, 0.2) is 18.5 Å². The average Bonchev–Trinajstić information content (AvgIpc) is 2.41. The lowest BCUT2D eigenvalue weighted by molar-refractivity contribution is -0.0495. The zero-order valence-electron chi connectivity index (χ0n) is 12.9. The van der Waals surface area contributed by atoms with Crippen molar-refractivity contribution >= 4 is 0 Å². The van der Waals surface area contributed by atoms with Gasteiger partial charge in [0, 0.05) is 25.1 Å². The van der Waals surface area contributed by atoms with E-state index in [-0.39, 0.29) is 30.9 Å². The molecule has 1 N–H and O–H groups in total. The topological polar surface area (TPSA) is 34.2 Å². The smallest absolute Gasteiger partial charge is 0.248 e. The number of hydrogen-bond acceptors (Lipinski definition) is 3. The SMILES string of the molecule is CNC(c1cncc(OC(C)C)c1)C1CCC(F)(F)CC1. The van der Waals surface area contributed by atoms with Gasteiger partial charge in [-0.1, -0.05) is 0 Å². The molecule has 1 aromatic heterocycles. The number of halogens is 2. The Hall–Kier alpha value is -1.23. The fourth-order valence-corrected chi connectivity index (χ4v) is 3.01. The van der Waals surface area contributed by atoms with Crippen molar-refractivity contribution in [2.24, 2.45) is 5.92 Å². The van der Waals surface area contributed by atoms with Crippen LogP contribution in [0.2, 0.25) is 0 Å². The summed E-state index contributed by atoms with van der Waals surface area (Å²) in [5.41, 5.74) is 1.01. The van der Waals surface area contributed by atoms with Gasteiger partial charge in [0.05, 0.1) is 12.3 Å². The van der Waals surface area contributed by atoms with E-state index in [2.05, 4.69) is 10.3 Å². The lowest BCUT2D eigenvalue weighted by Gasteiger charge is -2.33. The lowest BCUT2D eigenvalue weighted by atomic mass is 9.80. The van der Waals surface area contributed by atoms with Gasteiger partial charge in [0.2, 0.25) is 5.92 Å². The van der Waals surface area contributed by atoms with E-state index >= 15 is 0 Å². The largest absolute Gasteiger partial charge is 0.489 e. The first-order valence-electron chi connectivity index (χ1n) is 7.58. The summed E-state index contributed by atoms with van der Waals surface area (Å²) in [5.74, 6) is -1.55. The molecule has 1 unspecified atom stereocenters. The molecule has 1 aliphatic rings. The third kappa shape index (κ3) is 4.37. The van der Waals surface area contributed by atoms with Crippen LogP contribution in [0, 0.1) is 5.92 Å². The van der Waals surface area contributed by atoms with E-state index < -0.39 is 5.92 Å². The third-order valence-corrected chi connectivity index (χ3v) is 4.01. The molecule has 1 fully saturated rings. The second-order valence-corrected chi connectivity index (χ2v) is 6.08. The Kier molecular flexibility index (Phi) is 5.14. The first kappa shape index (κ1) is 16.1. The van der Waals surface area contributed by atoms with Crippen LogP contribution in [0.25, 0.3) is 0 Å². The second kappa shape index (κ2) is 6.69. The van der Waals surface area contributed by atoms with Crippen molar-refractivity contribution in [1.82, 2.24) is 10.3 Å². The normalized spacial score (nSPS) is 20.5. The molecule has 0 aliphatic heterocycles. The Morgan fingerprint density at radius 3 is 2.52 bits per heavy atom. The Balaban J connectivity index is 2.10. The Labute approximate surface area is 125 Å². The number of alkyl halides is 2. The number of nitrogens with zero attached hydrogens (tertiary/aromatic N) is 1. The molecule has 3 nitrogen and oxygen atoms in total. The molecule has 1 aromatic rings. The Morgan fingerprint density at radius 1 is 1.29 bits per heavy atom. The highest BCUT2D eigenvalue weighted by Gasteiger charge is 2.37. The van der Waals surface area contributed by atoms with Gasteiger partial charge in [-0.05, 0) is 51.3 Å². The third-order valence-electron chi connectivity index (χ3n) is 4.01. The maximum Gasteiger partial charge on any atom is 0.248 e. The van der Waals surface area contributed by atoms with E-state index in [0.29, 0.717) is 12.8 Å². The molecule has 1 saturated carbocycles. The number of rotatable bonds is 5. The molecule has 1 heterocycles. The van der Waals surface area contributed by atoms with E-state index in [9.17, 15) is 8.78 Å². The van der Waals surface area contributed by atoms with Crippen molar-refractivity contribution in [3.8, 4) is 5.75 Å². The van der Waals surface area contributed by atoms with Crippen molar-refractivity contribution in [2.45, 2.75) is 57.6 Å². The van der Waals surface area contributed by atoms with Crippen molar-refractivity contribution in [2.75, 3.05) is 7.05 Å². The van der Waals surface area contributed by atoms with Crippen LogP contribution < -0.4 is 10.1 Å². The molecule has 1 atom stereocenters. The van der Waals surface area contributed by atoms with Crippen LogP contribution >= 0.6 is 0 Å². The summed E-state index contributed by atoms with van der Waals surface area (Å²) < 4.78 is 32.3. The van der Waals surface area contributed by atoms with E-state index in [4.69, 9.17) is 4.74 Å². The van der Waals surface area contributed by atoms with Crippen molar-refractivity contribution in [3.05, 3.63) is 24.0 Å². The van der Waals surface area contributed by atoms with Gasteiger partial charge < -0.3 is 10.1 Å². The fraction of sp³-hybridized carbons (Fsp3) is 0.688. The van der Waals surface area contributed by atoms with Gasteiger partial charge in [-0.25, -0.2) is 8.78 Å². The minimum absolute atomic E-state index is 0.0224. The standard InChI is InChI=1S/C16H24F2N2O/c1-11(2)21-14-8-13(9-20-10-14)15(19-3)12-4-6-16(17,18)7-5-12/h8-12,15,19H,4-7H2,1-3H3. The first-order chi connectivity index (χ1) is 9.91. The lowest BCUT2D eigenvalue weighted by Crippen LogP contribution is -2.32. The Morgan fingerprint density at radius 2 is 1.95 bits per heavy atom. The number of ether oxygens (including phenoxy) is 1. The van der Waals surface area contributed by atoms with E-state index in [1.165, 1.54) is 0 Å². The molecule has 1 aliphatic carbocycles. The van der Waals surface area contributed by atoms with Gasteiger partial charge in [-0.2, -0.15) is 0 Å². The van der Waals surface area contributed by atoms with Crippen LogP contribution in [0.5, 0.6) is 5.75 Å². The summed E-state index contributed by atoms with van der Waals surface area (Å²) in [7, 11) is 1.87. The van der Waals surface area contributed by atoms with E-state index in [1.807, 2.05) is 27.0 Å². The highest BCUT2D eigenvalue weighted by atomic mass is 19.3. The molecule has 0 saturated heterocycles. The highest BCUT2D eigenvalue weighted by molar-refractivity contribution is 5.26. The highest BCUT2D eigenvalue weighted by Crippen LogP contribution is 2.41. The van der Waals surface area contributed by atoms with Crippen LogP contribution in [-0.4, -0.2) is 24.1 Å². The molecular weight excluding hydrogens is 274 g/mol. The second-order valence-electron chi connectivity index (χ2n) is 6.08. The summed E-state index contributed by atoms with van der Waals surface area (Å²) >= 11 is 0. The van der Waals surface area contributed by atoms with Gasteiger partial charge in [0.15, 0.2) is 0 Å². The summed E-state index contributed by atoms with van der Waals surface area (Å²) in [6.45, 7) is 3.93. The minimum Gasteiger partial charge on any atom is -0.489 e. The van der Waals surface area contributed by atoms with Crippen LogP contribution in [-0.2, 0) is 0 Å². The molecule has 0 spiro atoms. The molecule has 5 heteroatoms. The van der Waals surface area contributed by atoms with Gasteiger partial charge in [-0.3, -0.25) is 4.98 Å². The maximum atomic E-state index is 13.3. The van der Waals surface area contributed by atoms with Crippen molar-refractivity contribution in [3.63, 3.8) is 0 Å². The van der Waals surface area contributed by atoms with Crippen LogP contribution in [0.3, 0.4) is 0 Å². The Bertz CT molecular complexity index is 455. The zero-order chi connectivity index (χ0) is 15.5. The number of aromatic nitrogens is 1. The quantitative estimate of drug-likeness (QED) is 0.893. The first-order valence-corrected chi connectivity index (χ1v) is 7.58. The average molecular weight is 298 g/mol. The van der Waals surface area contributed by atoms with Gasteiger partial charge in [-0.15, -0.1) is 0 Å². The maximum absolute atomic E-state index is 13.3. The summed E-state index contributed by atoms with van der Waals surface area (Å²) in [4.78, 5) is 4.22. The summed E-state index contributed by atoms with van der Waals surface area (Å²) in [5, 5.41) is 3.26. The summed E-state index contributed by atoms with van der Waals surface area (Å²) in [6.07, 6.45) is 4.59. The number of pyridine rings is 1. The molecule has 0 radical (unpaired) electrons. The van der Waals surface area contributed by atoms with Gasteiger partial charge in [0.1, 0.15) is 5.75 Å². The van der Waals surface area contributed by atoms with Crippen LogP contribution in [0.1, 0.15) is 51.1 Å². The molecular formula is C16H24F2N2O. The molecule has 0 bridgehead atoms. The summed E-state index contributed by atoms with van der Waals surface area (Å²) in [6, 6.07) is 2.00. The predicted octanol–water partition coefficient (Wildman–Crippen LogP) is 3.95. The van der Waals surface area contributed by atoms with Gasteiger partial charge in [0.25, 0.3) is 0 Å². The van der Waals surface area contributed by atoms with E-state index in [0.717, 1.165) is 11.3 Å². The molecule has 0 amide bonds. The fourth-order valence-electron chi connectivity index (χ4n) is 3.01. The zero-order valence-corrected chi connectivity index (χ0v) is 12.9. The van der Waals surface area contributed by atoms with Crippen LogP contribution in [0.4, 0.5) is 8.78 Å². The predicted molar refractivity (Wildman–Crippen MR) is 78.7 cm³/mol. The molecule has 21 heavy (non-hydrogen) atoms.